The number of nitrogens with one attached hydrogen (secondary N) is 2. The van der Waals surface area contributed by atoms with Gasteiger partial charge in [-0.1, -0.05) is 11.6 Å². The van der Waals surface area contributed by atoms with E-state index in [9.17, 15) is 18.3 Å². The van der Waals surface area contributed by atoms with Crippen molar-refractivity contribution in [2.75, 3.05) is 11.2 Å². The average molecular weight is 440 g/mol. The Hall–Kier alpha value is -2.63. The summed E-state index contributed by atoms with van der Waals surface area (Å²) >= 11 is 6.02. The van der Waals surface area contributed by atoms with Gasteiger partial charge in [-0.15, -0.1) is 0 Å². The normalized spacial score (nSPS) is 25.9. The maximum atomic E-state index is 13.6. The Morgan fingerprint density at radius 2 is 2.00 bits per heavy atom. The van der Waals surface area contributed by atoms with E-state index in [1.54, 1.807) is 6.07 Å². The van der Waals surface area contributed by atoms with Gasteiger partial charge in [-0.2, -0.15) is 13.2 Å². The Kier molecular flexibility index (Phi) is 3.99. The Bertz CT molecular complexity index is 1160. The molecule has 30 heavy (non-hydrogen) atoms. The van der Waals surface area contributed by atoms with Crippen LogP contribution in [-0.4, -0.2) is 36.1 Å². The molecule has 2 aliphatic rings. The fourth-order valence-electron chi connectivity index (χ4n) is 4.14. The minimum atomic E-state index is -4.67. The van der Waals surface area contributed by atoms with Gasteiger partial charge < -0.3 is 16.3 Å². The zero-order valence-electron chi connectivity index (χ0n) is 15.5. The molecule has 4 heterocycles. The number of pyridine rings is 1. The fraction of sp³-hybridized carbons (Fsp3) is 0.389. The predicted molar refractivity (Wildman–Crippen MR) is 104 cm³/mol. The second-order valence-electron chi connectivity index (χ2n) is 7.65. The highest BCUT2D eigenvalue weighted by Crippen LogP contribution is 2.49. The Balaban J connectivity index is 1.62. The number of fused-ring (bicyclic) bond motifs is 2. The minimum absolute atomic E-state index is 0.0279. The SMILES string of the molecule is Nn1cc(-c2ncc(C(F)(F)F)c(N[C@]34CCCC[C@]3(O)N4)n2)c2cc(Cl)cnc21. The van der Waals surface area contributed by atoms with Crippen LogP contribution in [-0.2, 0) is 6.18 Å². The number of alkyl halides is 3. The maximum absolute atomic E-state index is 13.6. The Morgan fingerprint density at radius 3 is 2.73 bits per heavy atom. The number of nitrogens with zero attached hydrogens (tertiary/aromatic N) is 4. The van der Waals surface area contributed by atoms with Crippen LogP contribution >= 0.6 is 11.6 Å². The molecule has 12 heteroatoms. The Labute approximate surface area is 173 Å². The standard InChI is InChI=1S/C18H17ClF3N7O/c19-9-5-10-11(8-29(23)15(10)25-6-9)13-24-7-12(18(20,21)22)14(26-13)27-16-3-1-2-4-17(16,30)28-16/h5-8,28,30H,1-4,23H2,(H,24,26,27)/t16-,17+/m0/s1. The lowest BCUT2D eigenvalue weighted by atomic mass is 9.92. The summed E-state index contributed by atoms with van der Waals surface area (Å²) in [5.74, 6) is 5.53. The first kappa shape index (κ1) is 19.3. The summed E-state index contributed by atoms with van der Waals surface area (Å²) in [5, 5.41) is 17.1. The number of hydrogen-bond acceptors (Lipinski definition) is 7. The number of rotatable bonds is 3. The number of nitrogen functional groups attached to an aromatic ring is 1. The van der Waals surface area contributed by atoms with Crippen molar-refractivity contribution >= 4 is 28.5 Å². The van der Waals surface area contributed by atoms with Crippen molar-refractivity contribution in [2.45, 2.75) is 43.2 Å². The van der Waals surface area contributed by atoms with E-state index < -0.39 is 28.9 Å². The number of nitrogens with two attached hydrogens (primary N) is 1. The third-order valence-corrected chi connectivity index (χ3v) is 5.91. The molecule has 0 bridgehead atoms. The van der Waals surface area contributed by atoms with Crippen molar-refractivity contribution in [3.63, 3.8) is 0 Å². The smallest absolute Gasteiger partial charge is 0.372 e. The van der Waals surface area contributed by atoms with Crippen LogP contribution in [0.5, 0.6) is 0 Å². The molecule has 2 atom stereocenters. The fourth-order valence-corrected chi connectivity index (χ4v) is 4.29. The summed E-state index contributed by atoms with van der Waals surface area (Å²) < 4.78 is 42.1. The van der Waals surface area contributed by atoms with Gasteiger partial charge in [-0.25, -0.2) is 15.0 Å². The third kappa shape index (κ3) is 2.88. The molecule has 2 fully saturated rings. The molecule has 1 saturated heterocycles. The van der Waals surface area contributed by atoms with Crippen LogP contribution in [0.3, 0.4) is 0 Å². The molecule has 1 saturated carbocycles. The van der Waals surface area contributed by atoms with Gasteiger partial charge in [-0.3, -0.25) is 9.99 Å². The largest absolute Gasteiger partial charge is 0.421 e. The van der Waals surface area contributed by atoms with E-state index >= 15 is 0 Å². The summed E-state index contributed by atoms with van der Waals surface area (Å²) in [6, 6.07) is 1.59. The van der Waals surface area contributed by atoms with Crippen LogP contribution in [0.25, 0.3) is 22.4 Å². The highest BCUT2D eigenvalue weighted by molar-refractivity contribution is 6.31. The van der Waals surface area contributed by atoms with Crippen LogP contribution in [0.2, 0.25) is 5.02 Å². The zero-order chi connectivity index (χ0) is 21.3. The van der Waals surface area contributed by atoms with Crippen LogP contribution in [0, 0.1) is 0 Å². The van der Waals surface area contributed by atoms with Gasteiger partial charge >= 0.3 is 6.18 Å². The van der Waals surface area contributed by atoms with Gasteiger partial charge in [0, 0.05) is 29.5 Å². The number of anilines is 1. The quantitative estimate of drug-likeness (QED) is 0.365. The van der Waals surface area contributed by atoms with Crippen LogP contribution in [0.4, 0.5) is 19.0 Å². The molecule has 5 rings (SSSR count). The molecule has 3 aromatic heterocycles. The second kappa shape index (κ2) is 6.19. The van der Waals surface area contributed by atoms with Crippen LogP contribution in [0.15, 0.2) is 24.7 Å². The lowest BCUT2D eigenvalue weighted by Crippen LogP contribution is -2.37. The molecule has 1 aliphatic carbocycles. The van der Waals surface area contributed by atoms with Crippen molar-refractivity contribution < 1.29 is 18.3 Å². The first-order valence-corrected chi connectivity index (χ1v) is 9.66. The van der Waals surface area contributed by atoms with Crippen LogP contribution < -0.4 is 16.5 Å². The van der Waals surface area contributed by atoms with E-state index in [1.165, 1.54) is 17.1 Å². The highest BCUT2D eigenvalue weighted by atomic mass is 35.5. The van der Waals surface area contributed by atoms with Crippen molar-refractivity contribution in [3.05, 3.63) is 35.2 Å². The topological polar surface area (TPSA) is 124 Å². The van der Waals surface area contributed by atoms with Crippen molar-refractivity contribution in [3.8, 4) is 11.4 Å². The van der Waals surface area contributed by atoms with Gasteiger partial charge in [0.2, 0.25) is 0 Å². The molecule has 5 N–H and O–H groups in total. The summed E-state index contributed by atoms with van der Waals surface area (Å²) in [6.07, 6.45) is 1.43. The lowest BCUT2D eigenvalue weighted by Gasteiger charge is -2.26. The maximum Gasteiger partial charge on any atom is 0.421 e. The molecule has 0 amide bonds. The van der Waals surface area contributed by atoms with Gasteiger partial charge in [0.15, 0.2) is 17.2 Å². The number of halogens is 4. The minimum Gasteiger partial charge on any atom is -0.372 e. The predicted octanol–water partition coefficient (Wildman–Crippen LogP) is 2.85. The van der Waals surface area contributed by atoms with E-state index in [0.29, 0.717) is 34.5 Å². The molecule has 0 aromatic carbocycles. The first-order chi connectivity index (χ1) is 14.1. The van der Waals surface area contributed by atoms with Gasteiger partial charge in [0.05, 0.1) is 5.02 Å². The second-order valence-corrected chi connectivity index (χ2v) is 8.09. The lowest BCUT2D eigenvalue weighted by molar-refractivity contribution is -0.137. The van der Waals surface area contributed by atoms with E-state index in [4.69, 9.17) is 17.4 Å². The van der Waals surface area contributed by atoms with E-state index in [1.807, 2.05) is 0 Å². The third-order valence-electron chi connectivity index (χ3n) is 5.71. The molecular weight excluding hydrogens is 423 g/mol. The zero-order valence-corrected chi connectivity index (χ0v) is 16.2. The molecule has 1 aliphatic heterocycles. The number of aliphatic hydroxyl groups is 1. The highest BCUT2D eigenvalue weighted by Gasteiger charge is 2.68. The first-order valence-electron chi connectivity index (χ1n) is 9.28. The summed E-state index contributed by atoms with van der Waals surface area (Å²) in [4.78, 5) is 12.2. The van der Waals surface area contributed by atoms with Gasteiger partial charge in [-0.05, 0) is 31.7 Å². The van der Waals surface area contributed by atoms with Gasteiger partial charge in [0.25, 0.3) is 0 Å². The van der Waals surface area contributed by atoms with E-state index in [-0.39, 0.29) is 5.82 Å². The summed E-state index contributed by atoms with van der Waals surface area (Å²) in [7, 11) is 0. The number of aromatic nitrogens is 4. The molecule has 158 valence electrons. The molecule has 0 unspecified atom stereocenters. The summed E-state index contributed by atoms with van der Waals surface area (Å²) in [5.41, 5.74) is -2.53. The summed E-state index contributed by atoms with van der Waals surface area (Å²) in [6.45, 7) is 0. The van der Waals surface area contributed by atoms with Crippen LogP contribution in [0.1, 0.15) is 31.2 Å². The number of hydrogen-bond donors (Lipinski definition) is 4. The molecule has 0 spiro atoms. The van der Waals surface area contributed by atoms with Gasteiger partial charge in [0.1, 0.15) is 17.0 Å². The molecule has 0 radical (unpaired) electrons. The van der Waals surface area contributed by atoms with Crippen molar-refractivity contribution in [2.24, 2.45) is 0 Å². The molecular formula is C18H17ClF3N7O. The molecule has 8 nitrogen and oxygen atoms in total. The van der Waals surface area contributed by atoms with Crippen molar-refractivity contribution in [1.82, 2.24) is 24.9 Å². The Morgan fingerprint density at radius 1 is 1.23 bits per heavy atom. The van der Waals surface area contributed by atoms with Crippen molar-refractivity contribution in [1.29, 1.82) is 0 Å². The van der Waals surface area contributed by atoms with E-state index in [0.717, 1.165) is 19.0 Å². The monoisotopic (exact) mass is 439 g/mol. The molecule has 3 aromatic rings. The van der Waals surface area contributed by atoms with E-state index in [2.05, 4.69) is 25.6 Å². The average Bonchev–Trinajstić information content (AvgIpc) is 3.16.